The van der Waals surface area contributed by atoms with Crippen LogP contribution in [-0.4, -0.2) is 58.9 Å². The van der Waals surface area contributed by atoms with E-state index in [0.717, 1.165) is 18.4 Å². The van der Waals surface area contributed by atoms with Crippen LogP contribution in [0.5, 0.6) is 5.75 Å². The summed E-state index contributed by atoms with van der Waals surface area (Å²) in [5.41, 5.74) is 0.939. The van der Waals surface area contributed by atoms with Crippen molar-refractivity contribution in [2.75, 3.05) is 31.6 Å². The number of pyridine rings is 2. The molecule has 1 aliphatic carbocycles. The predicted octanol–water partition coefficient (Wildman–Crippen LogP) is 3.83. The van der Waals surface area contributed by atoms with Crippen LogP contribution in [0.25, 0.3) is 17.0 Å². The second kappa shape index (κ2) is 9.80. The molecule has 192 valence electrons. The van der Waals surface area contributed by atoms with Gasteiger partial charge < -0.3 is 19.1 Å². The Morgan fingerprint density at radius 1 is 1.24 bits per heavy atom. The number of nitrogens with zero attached hydrogens (tertiary/aromatic N) is 4. The molecule has 37 heavy (non-hydrogen) atoms. The van der Waals surface area contributed by atoms with Crippen molar-refractivity contribution < 1.29 is 18.7 Å². The largest absolute Gasteiger partial charge is 0.492 e. The third-order valence-corrected chi connectivity index (χ3v) is 7.07. The monoisotopic (exact) mass is 504 g/mol. The van der Waals surface area contributed by atoms with Crippen molar-refractivity contribution in [1.82, 2.24) is 14.5 Å². The summed E-state index contributed by atoms with van der Waals surface area (Å²) in [6, 6.07) is 4.77. The highest BCUT2D eigenvalue weighted by molar-refractivity contribution is 6.08. The van der Waals surface area contributed by atoms with E-state index >= 15 is 4.39 Å². The number of halogens is 1. The molecule has 3 heterocycles. The predicted molar refractivity (Wildman–Crippen MR) is 140 cm³/mol. The Bertz CT molecular complexity index is 1460. The Hall–Kier alpha value is -4.01. The number of hydrogen-bond acceptors (Lipinski definition) is 6. The maximum atomic E-state index is 15.7. The molecule has 0 spiro atoms. The van der Waals surface area contributed by atoms with Crippen molar-refractivity contribution in [2.45, 2.75) is 38.8 Å². The second-order valence-electron chi connectivity index (χ2n) is 9.64. The van der Waals surface area contributed by atoms with E-state index in [0.29, 0.717) is 25.2 Å². The number of allylic oxidation sites excluding steroid dienone is 1. The number of methoxy groups -OCH3 is 1. The lowest BCUT2D eigenvalue weighted by atomic mass is 10.0. The lowest BCUT2D eigenvalue weighted by molar-refractivity contribution is -0.131. The van der Waals surface area contributed by atoms with E-state index in [1.54, 1.807) is 41.7 Å². The minimum Gasteiger partial charge on any atom is -0.492 e. The number of ether oxygens (including phenoxy) is 1. The summed E-state index contributed by atoms with van der Waals surface area (Å²) >= 11 is 0. The summed E-state index contributed by atoms with van der Waals surface area (Å²) in [5, 5.41) is 0.112. The SMILES string of the molecule is COc1c(N2CCN(C(C)=O)C(C)C2)c(F)cc2c(=O)c(C(=O)C=Cc3cccnc3)cn(C3CC3)c12. The number of fused-ring (bicyclic) bond motifs is 1. The van der Waals surface area contributed by atoms with Crippen molar-refractivity contribution >= 4 is 34.4 Å². The maximum absolute atomic E-state index is 15.7. The molecule has 2 aliphatic rings. The Kier molecular flexibility index (Phi) is 6.54. The number of anilines is 1. The molecule has 1 aromatic carbocycles. The minimum absolute atomic E-state index is 0.0163. The molecule has 9 heteroatoms. The van der Waals surface area contributed by atoms with Gasteiger partial charge in [0.1, 0.15) is 5.69 Å². The molecule has 2 fully saturated rings. The first kappa shape index (κ1) is 24.7. The number of amides is 1. The zero-order valence-electron chi connectivity index (χ0n) is 21.1. The van der Waals surface area contributed by atoms with Crippen molar-refractivity contribution in [3.8, 4) is 5.75 Å². The summed E-state index contributed by atoms with van der Waals surface area (Å²) in [6.07, 6.45) is 9.56. The maximum Gasteiger partial charge on any atom is 0.219 e. The zero-order valence-corrected chi connectivity index (χ0v) is 21.1. The van der Waals surface area contributed by atoms with Gasteiger partial charge in [-0.25, -0.2) is 4.39 Å². The number of benzene rings is 1. The summed E-state index contributed by atoms with van der Waals surface area (Å²) in [7, 11) is 1.46. The first-order chi connectivity index (χ1) is 17.8. The number of hydrogen-bond donors (Lipinski definition) is 0. The van der Waals surface area contributed by atoms with E-state index in [2.05, 4.69) is 4.98 Å². The fourth-order valence-electron chi connectivity index (χ4n) is 5.11. The first-order valence-electron chi connectivity index (χ1n) is 12.4. The molecule has 0 bridgehead atoms. The third kappa shape index (κ3) is 4.61. The molecular weight excluding hydrogens is 475 g/mol. The fraction of sp³-hybridized carbons (Fsp3) is 0.357. The number of carbonyl (C=O) groups is 2. The van der Waals surface area contributed by atoms with Gasteiger partial charge in [0.25, 0.3) is 0 Å². The van der Waals surface area contributed by atoms with Crippen molar-refractivity contribution in [2.24, 2.45) is 0 Å². The number of aromatic nitrogens is 2. The van der Waals surface area contributed by atoms with Gasteiger partial charge >= 0.3 is 0 Å². The minimum atomic E-state index is -0.595. The van der Waals surface area contributed by atoms with Gasteiger partial charge in [-0.1, -0.05) is 6.07 Å². The number of ketones is 1. The summed E-state index contributed by atoms with van der Waals surface area (Å²) in [5.74, 6) is -0.798. The molecule has 1 saturated heterocycles. The average Bonchev–Trinajstić information content (AvgIpc) is 3.73. The van der Waals surface area contributed by atoms with E-state index in [-0.39, 0.29) is 40.4 Å². The Balaban J connectivity index is 1.62. The van der Waals surface area contributed by atoms with Crippen LogP contribution >= 0.6 is 0 Å². The lowest BCUT2D eigenvalue weighted by Crippen LogP contribution is -2.53. The zero-order chi connectivity index (χ0) is 26.3. The summed E-state index contributed by atoms with van der Waals surface area (Å²) in [4.78, 5) is 46.1. The van der Waals surface area contributed by atoms with Gasteiger partial charge in [-0.05, 0) is 49.6 Å². The van der Waals surface area contributed by atoms with Crippen molar-refractivity contribution in [3.05, 3.63) is 70.0 Å². The molecule has 1 unspecified atom stereocenters. The van der Waals surface area contributed by atoms with E-state index < -0.39 is 17.0 Å². The molecule has 1 amide bonds. The van der Waals surface area contributed by atoms with Crippen LogP contribution in [0, 0.1) is 5.82 Å². The molecule has 1 saturated carbocycles. The van der Waals surface area contributed by atoms with Gasteiger partial charge in [-0.15, -0.1) is 0 Å². The first-order valence-corrected chi connectivity index (χ1v) is 12.4. The molecule has 2 aromatic heterocycles. The molecule has 0 N–H and O–H groups in total. The van der Waals surface area contributed by atoms with Crippen molar-refractivity contribution in [3.63, 3.8) is 0 Å². The Morgan fingerprint density at radius 3 is 2.65 bits per heavy atom. The van der Waals surface area contributed by atoms with Crippen LogP contribution in [0.4, 0.5) is 10.1 Å². The van der Waals surface area contributed by atoms with Gasteiger partial charge in [-0.2, -0.15) is 0 Å². The molecule has 8 nitrogen and oxygen atoms in total. The summed E-state index contributed by atoms with van der Waals surface area (Å²) in [6.45, 7) is 4.79. The van der Waals surface area contributed by atoms with Gasteiger partial charge in [0.15, 0.2) is 17.3 Å². The molecule has 3 aromatic rings. The van der Waals surface area contributed by atoms with Gasteiger partial charge in [-0.3, -0.25) is 19.4 Å². The van der Waals surface area contributed by atoms with Gasteiger partial charge in [0, 0.05) is 57.2 Å². The number of piperazine rings is 1. The fourth-order valence-corrected chi connectivity index (χ4v) is 5.11. The second-order valence-corrected chi connectivity index (χ2v) is 9.64. The van der Waals surface area contributed by atoms with E-state index in [4.69, 9.17) is 4.74 Å². The van der Waals surface area contributed by atoms with E-state index in [1.165, 1.54) is 26.2 Å². The number of rotatable bonds is 6. The lowest BCUT2D eigenvalue weighted by Gasteiger charge is -2.41. The smallest absolute Gasteiger partial charge is 0.219 e. The number of carbonyl (C=O) groups excluding carboxylic acids is 2. The standard InChI is InChI=1S/C28H29FN4O4/c1-17-15-31(11-12-32(17)18(2)34)26-23(29)13-21-25(28(26)37-3)33(20-7-8-20)16-22(27(21)36)24(35)9-6-19-5-4-10-30-14-19/h4-6,9-10,13-14,16-17,20H,7-8,11-12,15H2,1-3H3. The van der Waals surface area contributed by atoms with Crippen LogP contribution in [0.15, 0.2) is 47.7 Å². The Morgan fingerprint density at radius 2 is 2.03 bits per heavy atom. The molecule has 1 aliphatic heterocycles. The van der Waals surface area contributed by atoms with Crippen LogP contribution < -0.4 is 15.1 Å². The molecule has 5 rings (SSSR count). The van der Waals surface area contributed by atoms with Crippen LogP contribution in [0.2, 0.25) is 0 Å². The normalized spacial score (nSPS) is 18.0. The van der Waals surface area contributed by atoms with Crippen molar-refractivity contribution in [1.29, 1.82) is 0 Å². The molecule has 1 atom stereocenters. The highest BCUT2D eigenvalue weighted by Crippen LogP contribution is 2.44. The third-order valence-electron chi connectivity index (χ3n) is 7.07. The average molecular weight is 505 g/mol. The van der Waals surface area contributed by atoms with E-state index in [1.807, 2.05) is 16.4 Å². The van der Waals surface area contributed by atoms with Crippen LogP contribution in [-0.2, 0) is 4.79 Å². The highest BCUT2D eigenvalue weighted by atomic mass is 19.1. The van der Waals surface area contributed by atoms with Crippen LogP contribution in [0.1, 0.15) is 48.7 Å². The molecule has 0 radical (unpaired) electrons. The van der Waals surface area contributed by atoms with Gasteiger partial charge in [0.2, 0.25) is 11.3 Å². The molecular formula is C28H29FN4O4. The van der Waals surface area contributed by atoms with Gasteiger partial charge in [0.05, 0.1) is 23.6 Å². The Labute approximate surface area is 214 Å². The van der Waals surface area contributed by atoms with Crippen LogP contribution in [0.3, 0.4) is 0 Å². The summed E-state index contributed by atoms with van der Waals surface area (Å²) < 4.78 is 23.4. The highest BCUT2D eigenvalue weighted by Gasteiger charge is 2.33. The topological polar surface area (TPSA) is 84.7 Å². The van der Waals surface area contributed by atoms with E-state index in [9.17, 15) is 14.4 Å². The quantitative estimate of drug-likeness (QED) is 0.375.